The number of hydrogen-bond donors (Lipinski definition) is 1. The van der Waals surface area contributed by atoms with Crippen LogP contribution < -0.4 is 5.32 Å². The summed E-state index contributed by atoms with van der Waals surface area (Å²) in [5.41, 5.74) is 1.10. The standard InChI is InChI=1S/C18H38NP/c1-15(2)12-11-13-20(9,10)16(3)14-18(7,8)19-17(4,5)6/h11-13,15-16,19H,14H2,1-10H3/b12-11+. The van der Waals surface area contributed by atoms with Gasteiger partial charge in [-0.1, -0.05) is 38.7 Å². The molecular weight excluding hydrogens is 261 g/mol. The first-order chi connectivity index (χ1) is 8.75. The van der Waals surface area contributed by atoms with Gasteiger partial charge >= 0.3 is 0 Å². The van der Waals surface area contributed by atoms with E-state index in [9.17, 15) is 0 Å². The molecule has 0 aromatic carbocycles. The molecule has 1 unspecified atom stereocenters. The fourth-order valence-electron chi connectivity index (χ4n) is 2.68. The van der Waals surface area contributed by atoms with Crippen LogP contribution in [0.15, 0.2) is 12.2 Å². The normalized spacial score (nSPS) is 15.9. The topological polar surface area (TPSA) is 12.0 Å². The molecule has 2 heteroatoms. The highest BCUT2D eigenvalue weighted by atomic mass is 31.2. The van der Waals surface area contributed by atoms with Crippen LogP contribution in [0.2, 0.25) is 0 Å². The van der Waals surface area contributed by atoms with E-state index < -0.39 is 6.89 Å². The molecule has 0 saturated heterocycles. The van der Waals surface area contributed by atoms with E-state index >= 15 is 0 Å². The fourth-order valence-corrected chi connectivity index (χ4v) is 4.44. The maximum absolute atomic E-state index is 3.76. The first kappa shape index (κ1) is 20.0. The summed E-state index contributed by atoms with van der Waals surface area (Å²) in [6.45, 7) is 22.2. The van der Waals surface area contributed by atoms with Crippen molar-refractivity contribution in [2.45, 2.75) is 78.5 Å². The zero-order chi connectivity index (χ0) is 16.2. The summed E-state index contributed by atoms with van der Waals surface area (Å²) in [7, 11) is 0. The van der Waals surface area contributed by atoms with Crippen LogP contribution in [0.4, 0.5) is 0 Å². The van der Waals surface area contributed by atoms with Crippen LogP contribution in [0.25, 0.3) is 0 Å². The average Bonchev–Trinajstić information content (AvgIpc) is 2.10. The average molecular weight is 299 g/mol. The molecule has 0 amide bonds. The first-order valence-corrected chi connectivity index (χ1v) is 10.7. The van der Waals surface area contributed by atoms with Crippen molar-refractivity contribution in [1.82, 2.24) is 5.32 Å². The van der Waals surface area contributed by atoms with Gasteiger partial charge in [0.15, 0.2) is 0 Å². The Labute approximate surface area is 128 Å². The molecule has 1 nitrogen and oxygen atoms in total. The summed E-state index contributed by atoms with van der Waals surface area (Å²) >= 11 is 0. The third-order valence-corrected chi connectivity index (χ3v) is 7.02. The summed E-state index contributed by atoms with van der Waals surface area (Å²) in [5.74, 6) is 3.12. The van der Waals surface area contributed by atoms with Gasteiger partial charge in [0.1, 0.15) is 0 Å². The number of hydrogen-bond acceptors (Lipinski definition) is 1. The van der Waals surface area contributed by atoms with Crippen LogP contribution in [0, 0.1) is 5.92 Å². The van der Waals surface area contributed by atoms with Crippen LogP contribution in [-0.2, 0) is 0 Å². The summed E-state index contributed by atoms with van der Waals surface area (Å²) in [6.07, 6.45) is 5.81. The molecule has 0 fully saturated rings. The minimum atomic E-state index is -1.00. The predicted octanol–water partition coefficient (Wildman–Crippen LogP) is 5.22. The van der Waals surface area contributed by atoms with Crippen molar-refractivity contribution in [2.75, 3.05) is 13.3 Å². The summed E-state index contributed by atoms with van der Waals surface area (Å²) in [6, 6.07) is 0. The summed E-state index contributed by atoms with van der Waals surface area (Å²) in [5, 5.41) is 3.76. The van der Waals surface area contributed by atoms with Crippen LogP contribution in [0.5, 0.6) is 0 Å². The van der Waals surface area contributed by atoms with Crippen LogP contribution in [0.3, 0.4) is 0 Å². The second-order valence-corrected chi connectivity index (χ2v) is 13.2. The molecule has 0 bridgehead atoms. The van der Waals surface area contributed by atoms with Gasteiger partial charge in [-0.3, -0.25) is 0 Å². The molecule has 0 saturated carbocycles. The molecule has 0 spiro atoms. The van der Waals surface area contributed by atoms with Gasteiger partial charge in [-0.25, -0.2) is 0 Å². The zero-order valence-electron chi connectivity index (χ0n) is 15.5. The van der Waals surface area contributed by atoms with Crippen molar-refractivity contribution in [2.24, 2.45) is 5.92 Å². The monoisotopic (exact) mass is 299 g/mol. The number of allylic oxidation sites excluding steroid dienone is 2. The predicted molar refractivity (Wildman–Crippen MR) is 99.9 cm³/mol. The molecule has 0 aliphatic heterocycles. The first-order valence-electron chi connectivity index (χ1n) is 7.90. The molecule has 0 aliphatic carbocycles. The Bertz CT molecular complexity index is 363. The lowest BCUT2D eigenvalue weighted by atomic mass is 9.94. The van der Waals surface area contributed by atoms with E-state index in [0.717, 1.165) is 5.66 Å². The van der Waals surface area contributed by atoms with Gasteiger partial charge in [0.2, 0.25) is 0 Å². The Kier molecular flexibility index (Phi) is 7.32. The quantitative estimate of drug-likeness (QED) is 0.663. The van der Waals surface area contributed by atoms with Gasteiger partial charge in [0.25, 0.3) is 0 Å². The third-order valence-electron chi connectivity index (χ3n) is 3.62. The van der Waals surface area contributed by atoms with E-state index in [1.54, 1.807) is 0 Å². The molecular formula is C18H38NP. The minimum absolute atomic E-state index is 0.174. The van der Waals surface area contributed by atoms with Crippen LogP contribution >= 0.6 is 6.89 Å². The summed E-state index contributed by atoms with van der Waals surface area (Å²) < 4.78 is 0. The third kappa shape index (κ3) is 9.03. The Morgan fingerprint density at radius 1 is 1.00 bits per heavy atom. The van der Waals surface area contributed by atoms with Crippen molar-refractivity contribution in [3.8, 4) is 0 Å². The van der Waals surface area contributed by atoms with Crippen LogP contribution in [-0.4, -0.2) is 35.9 Å². The Morgan fingerprint density at radius 3 is 1.90 bits per heavy atom. The van der Waals surface area contributed by atoms with E-state index in [4.69, 9.17) is 0 Å². The molecule has 20 heavy (non-hydrogen) atoms. The van der Waals surface area contributed by atoms with E-state index in [0.29, 0.717) is 5.92 Å². The smallest absolute Gasteiger partial charge is 0.0135 e. The molecule has 0 aromatic rings. The Balaban J connectivity index is 4.85. The minimum Gasteiger partial charge on any atom is -0.307 e. The van der Waals surface area contributed by atoms with Crippen LogP contribution in [0.1, 0.15) is 61.8 Å². The van der Waals surface area contributed by atoms with Gasteiger partial charge in [-0.2, -0.15) is 0 Å². The van der Waals surface area contributed by atoms with E-state index in [2.05, 4.69) is 92.0 Å². The Hall–Kier alpha value is -0.0000000000000000208. The molecule has 0 radical (unpaired) electrons. The molecule has 0 heterocycles. The molecule has 1 N–H and O–H groups in total. The maximum atomic E-state index is 3.76. The molecule has 0 aromatic heterocycles. The molecule has 1 atom stereocenters. The van der Waals surface area contributed by atoms with E-state index in [-0.39, 0.29) is 11.1 Å². The fraction of sp³-hybridized carbons (Fsp3) is 0.833. The van der Waals surface area contributed by atoms with Gasteiger partial charge in [0, 0.05) is 11.1 Å². The Morgan fingerprint density at radius 2 is 1.50 bits per heavy atom. The van der Waals surface area contributed by atoms with Crippen molar-refractivity contribution in [1.29, 1.82) is 0 Å². The second kappa shape index (κ2) is 7.32. The highest BCUT2D eigenvalue weighted by Crippen LogP contribution is 2.47. The van der Waals surface area contributed by atoms with Gasteiger partial charge < -0.3 is 5.32 Å². The van der Waals surface area contributed by atoms with E-state index in [1.807, 2.05) is 0 Å². The molecule has 0 rings (SSSR count). The van der Waals surface area contributed by atoms with Crippen molar-refractivity contribution >= 4 is 12.7 Å². The largest absolute Gasteiger partial charge is 0.307 e. The van der Waals surface area contributed by atoms with Gasteiger partial charge in [0.05, 0.1) is 0 Å². The summed E-state index contributed by atoms with van der Waals surface area (Å²) in [4.78, 5) is 0. The highest BCUT2D eigenvalue weighted by molar-refractivity contribution is 7.74. The number of nitrogens with one attached hydrogen (secondary N) is 1. The zero-order valence-corrected chi connectivity index (χ0v) is 16.4. The van der Waals surface area contributed by atoms with Crippen molar-refractivity contribution in [3.05, 3.63) is 12.2 Å². The second-order valence-electron chi connectivity index (χ2n) is 8.72. The lowest BCUT2D eigenvalue weighted by molar-refractivity contribution is 0.267. The lowest BCUT2D eigenvalue weighted by Gasteiger charge is -2.39. The van der Waals surface area contributed by atoms with Gasteiger partial charge in [-0.05, 0) is 65.9 Å². The highest BCUT2D eigenvalue weighted by Gasteiger charge is 2.28. The van der Waals surface area contributed by atoms with Crippen molar-refractivity contribution in [3.63, 3.8) is 0 Å². The van der Waals surface area contributed by atoms with Crippen molar-refractivity contribution < 1.29 is 0 Å². The SMILES string of the molecule is CC(C)/C=C/C=P(C)(C)C(C)CC(C)(C)NC(C)(C)C. The lowest BCUT2D eigenvalue weighted by Crippen LogP contribution is -2.51. The van der Waals surface area contributed by atoms with E-state index in [1.165, 1.54) is 6.42 Å². The number of rotatable bonds is 6. The molecule has 120 valence electrons. The molecule has 0 aliphatic rings. The van der Waals surface area contributed by atoms with Gasteiger partial charge in [-0.15, -0.1) is 6.89 Å². The maximum Gasteiger partial charge on any atom is 0.0135 e.